The van der Waals surface area contributed by atoms with Crippen LogP contribution in [-0.4, -0.2) is 42.1 Å². The van der Waals surface area contributed by atoms with Crippen LogP contribution < -0.4 is 5.32 Å². The Bertz CT molecular complexity index is 945. The van der Waals surface area contributed by atoms with Crippen molar-refractivity contribution in [1.82, 2.24) is 30.0 Å². The van der Waals surface area contributed by atoms with Gasteiger partial charge in [0, 0.05) is 18.3 Å². The van der Waals surface area contributed by atoms with Crippen molar-refractivity contribution in [1.29, 1.82) is 0 Å². The van der Waals surface area contributed by atoms with Crippen molar-refractivity contribution in [2.45, 2.75) is 20.0 Å². The van der Waals surface area contributed by atoms with E-state index in [2.05, 4.69) is 20.7 Å². The summed E-state index contributed by atoms with van der Waals surface area (Å²) in [6.45, 7) is 2.54. The second-order valence-corrected chi connectivity index (χ2v) is 5.83. The largest absolute Gasteiger partial charge is 0.361 e. The van der Waals surface area contributed by atoms with Crippen molar-refractivity contribution < 1.29 is 14.2 Å². The van der Waals surface area contributed by atoms with Crippen LogP contribution in [0.15, 0.2) is 29.3 Å². The smallest absolute Gasteiger partial charge is 0.307 e. The summed E-state index contributed by atoms with van der Waals surface area (Å²) < 4.78 is 8.04. The Morgan fingerprint density at radius 3 is 2.77 bits per heavy atom. The number of carbonyl (C=O) groups excluding carboxylic acids is 1. The SMILES string of the molecule is Cc1onc(C(=O)NCCn2cc(Cl)cn2)c1Cn1cc([N+](=O)[O-])cn1. The molecule has 0 unspecified atom stereocenters. The molecule has 0 atom stereocenters. The molecule has 0 aliphatic heterocycles. The Labute approximate surface area is 151 Å². The summed E-state index contributed by atoms with van der Waals surface area (Å²) in [5.74, 6) is 0.0175. The molecule has 0 spiro atoms. The van der Waals surface area contributed by atoms with Gasteiger partial charge >= 0.3 is 5.69 Å². The standard InChI is InChI=1S/C14H14ClN7O4/c1-9-12(8-21-7-11(5-18-21)22(24)25)13(19-26-9)14(23)16-2-3-20-6-10(15)4-17-20/h4-7H,2-3,8H2,1H3,(H,16,23). The van der Waals surface area contributed by atoms with Crippen LogP contribution in [0.3, 0.4) is 0 Å². The van der Waals surface area contributed by atoms with Gasteiger partial charge in [0.2, 0.25) is 0 Å². The van der Waals surface area contributed by atoms with E-state index in [9.17, 15) is 14.9 Å². The summed E-state index contributed by atoms with van der Waals surface area (Å²) in [6.07, 6.45) is 5.56. The average molecular weight is 380 g/mol. The average Bonchev–Trinajstić information content (AvgIpc) is 3.30. The summed E-state index contributed by atoms with van der Waals surface area (Å²) in [5.41, 5.74) is 0.477. The predicted molar refractivity (Wildman–Crippen MR) is 88.8 cm³/mol. The maximum atomic E-state index is 12.4. The summed E-state index contributed by atoms with van der Waals surface area (Å²) in [6, 6.07) is 0. The number of aryl methyl sites for hydroxylation is 1. The van der Waals surface area contributed by atoms with Gasteiger partial charge in [-0.1, -0.05) is 16.8 Å². The topological polar surface area (TPSA) is 134 Å². The maximum absolute atomic E-state index is 12.4. The van der Waals surface area contributed by atoms with E-state index >= 15 is 0 Å². The minimum atomic E-state index is -0.543. The first-order valence-electron chi connectivity index (χ1n) is 7.52. The van der Waals surface area contributed by atoms with Crippen molar-refractivity contribution >= 4 is 23.2 Å². The Kier molecular flexibility index (Phi) is 4.98. The molecule has 0 aliphatic rings. The van der Waals surface area contributed by atoms with Crippen LogP contribution in [0.1, 0.15) is 21.8 Å². The fourth-order valence-electron chi connectivity index (χ4n) is 2.28. The molecule has 0 saturated carbocycles. The summed E-state index contributed by atoms with van der Waals surface area (Å²) in [4.78, 5) is 22.5. The first-order valence-corrected chi connectivity index (χ1v) is 7.90. The molecule has 0 bridgehead atoms. The van der Waals surface area contributed by atoms with Gasteiger partial charge in [-0.2, -0.15) is 10.2 Å². The number of halogens is 1. The second-order valence-electron chi connectivity index (χ2n) is 5.40. The number of hydrogen-bond acceptors (Lipinski definition) is 7. The monoisotopic (exact) mass is 379 g/mol. The van der Waals surface area contributed by atoms with Crippen molar-refractivity contribution in [3.05, 3.63) is 56.9 Å². The molecule has 0 fully saturated rings. The minimum absolute atomic E-state index is 0.110. The molecule has 1 N–H and O–H groups in total. The zero-order valence-corrected chi connectivity index (χ0v) is 14.4. The minimum Gasteiger partial charge on any atom is -0.361 e. The number of hydrogen-bond donors (Lipinski definition) is 1. The van der Waals surface area contributed by atoms with E-state index in [0.717, 1.165) is 6.20 Å². The van der Waals surface area contributed by atoms with E-state index < -0.39 is 10.8 Å². The number of rotatable bonds is 7. The highest BCUT2D eigenvalue weighted by Crippen LogP contribution is 2.16. The number of aromatic nitrogens is 5. The third-order valence-corrected chi connectivity index (χ3v) is 3.77. The fourth-order valence-corrected chi connectivity index (χ4v) is 2.44. The third kappa shape index (κ3) is 3.88. The van der Waals surface area contributed by atoms with Crippen LogP contribution >= 0.6 is 11.6 Å². The summed E-state index contributed by atoms with van der Waals surface area (Å²) in [5, 5.41) is 25.7. The second kappa shape index (κ2) is 7.35. The molecule has 1 amide bonds. The molecule has 11 nitrogen and oxygen atoms in total. The Balaban J connectivity index is 1.65. The normalized spacial score (nSPS) is 10.8. The highest BCUT2D eigenvalue weighted by Gasteiger charge is 2.21. The van der Waals surface area contributed by atoms with Crippen molar-refractivity contribution in [2.75, 3.05) is 6.54 Å². The zero-order valence-electron chi connectivity index (χ0n) is 13.6. The third-order valence-electron chi connectivity index (χ3n) is 3.58. The van der Waals surface area contributed by atoms with E-state index in [0.29, 0.717) is 29.4 Å². The molecule has 3 aromatic rings. The summed E-state index contributed by atoms with van der Waals surface area (Å²) >= 11 is 5.78. The van der Waals surface area contributed by atoms with Gasteiger partial charge in [0.1, 0.15) is 18.2 Å². The van der Waals surface area contributed by atoms with Crippen LogP contribution in [-0.2, 0) is 13.1 Å². The van der Waals surface area contributed by atoms with Crippen LogP contribution in [0.2, 0.25) is 5.02 Å². The van der Waals surface area contributed by atoms with E-state index in [1.165, 1.54) is 17.1 Å². The van der Waals surface area contributed by atoms with Gasteiger partial charge in [-0.15, -0.1) is 0 Å². The van der Waals surface area contributed by atoms with Gasteiger partial charge in [-0.25, -0.2) is 0 Å². The fraction of sp³-hybridized carbons (Fsp3) is 0.286. The quantitative estimate of drug-likeness (QED) is 0.484. The van der Waals surface area contributed by atoms with E-state index in [1.807, 2.05) is 0 Å². The van der Waals surface area contributed by atoms with Gasteiger partial charge in [0.05, 0.1) is 29.2 Å². The number of nitrogens with zero attached hydrogens (tertiary/aromatic N) is 6. The van der Waals surface area contributed by atoms with Gasteiger partial charge in [0.25, 0.3) is 5.91 Å². The van der Waals surface area contributed by atoms with Crippen LogP contribution in [0, 0.1) is 17.0 Å². The van der Waals surface area contributed by atoms with E-state index in [4.69, 9.17) is 16.1 Å². The van der Waals surface area contributed by atoms with Crippen molar-refractivity contribution in [3.8, 4) is 0 Å². The lowest BCUT2D eigenvalue weighted by atomic mass is 10.2. The predicted octanol–water partition coefficient (Wildman–Crippen LogP) is 1.42. The molecule has 3 heterocycles. The van der Waals surface area contributed by atoms with E-state index in [-0.39, 0.29) is 17.9 Å². The molecule has 3 rings (SSSR count). The molecular formula is C14H14ClN7O4. The van der Waals surface area contributed by atoms with Crippen LogP contribution in [0.25, 0.3) is 0 Å². The van der Waals surface area contributed by atoms with Crippen LogP contribution in [0.4, 0.5) is 5.69 Å². The van der Waals surface area contributed by atoms with Crippen molar-refractivity contribution in [3.63, 3.8) is 0 Å². The Morgan fingerprint density at radius 1 is 1.35 bits per heavy atom. The van der Waals surface area contributed by atoms with E-state index in [1.54, 1.807) is 17.8 Å². The molecule has 3 aromatic heterocycles. The van der Waals surface area contributed by atoms with Gasteiger partial charge in [-0.05, 0) is 6.92 Å². The van der Waals surface area contributed by atoms with Gasteiger partial charge < -0.3 is 9.84 Å². The Hall–Kier alpha value is -3.21. The van der Waals surface area contributed by atoms with Gasteiger partial charge in [-0.3, -0.25) is 24.3 Å². The lowest BCUT2D eigenvalue weighted by Crippen LogP contribution is -2.28. The molecule has 0 radical (unpaired) electrons. The van der Waals surface area contributed by atoms with Crippen LogP contribution in [0.5, 0.6) is 0 Å². The number of carbonyl (C=O) groups is 1. The lowest BCUT2D eigenvalue weighted by molar-refractivity contribution is -0.385. The first-order chi connectivity index (χ1) is 12.4. The molecular weight excluding hydrogens is 366 g/mol. The highest BCUT2D eigenvalue weighted by atomic mass is 35.5. The maximum Gasteiger partial charge on any atom is 0.307 e. The molecule has 12 heteroatoms. The molecule has 0 saturated heterocycles. The summed E-state index contributed by atoms with van der Waals surface area (Å²) in [7, 11) is 0. The number of amides is 1. The van der Waals surface area contributed by atoms with Crippen molar-refractivity contribution in [2.24, 2.45) is 0 Å². The molecule has 0 aliphatic carbocycles. The lowest BCUT2D eigenvalue weighted by Gasteiger charge is -2.05. The first kappa shape index (κ1) is 17.6. The number of nitro groups is 1. The molecule has 0 aromatic carbocycles. The molecule has 136 valence electrons. The Morgan fingerprint density at radius 2 is 2.12 bits per heavy atom. The highest BCUT2D eigenvalue weighted by molar-refractivity contribution is 6.30. The molecule has 26 heavy (non-hydrogen) atoms. The number of nitrogens with one attached hydrogen (secondary N) is 1. The van der Waals surface area contributed by atoms with Gasteiger partial charge in [0.15, 0.2) is 5.69 Å². The zero-order chi connectivity index (χ0) is 18.7.